The van der Waals surface area contributed by atoms with Crippen molar-refractivity contribution < 1.29 is 4.74 Å². The highest BCUT2D eigenvalue weighted by Crippen LogP contribution is 2.30. The number of aromatic amines is 1. The fourth-order valence-electron chi connectivity index (χ4n) is 1.22. The smallest absolute Gasteiger partial charge is 0.366 e. The zero-order valence-corrected chi connectivity index (χ0v) is 9.17. The van der Waals surface area contributed by atoms with Crippen molar-refractivity contribution in [2.75, 3.05) is 6.61 Å². The number of aromatic nitrogens is 4. The van der Waals surface area contributed by atoms with E-state index in [1.54, 1.807) is 0 Å². The van der Waals surface area contributed by atoms with Crippen LogP contribution in [-0.2, 0) is 0 Å². The summed E-state index contributed by atoms with van der Waals surface area (Å²) in [6.45, 7) is 4.39. The molecule has 2 aromatic rings. The highest BCUT2D eigenvalue weighted by Gasteiger charge is 2.13. The maximum Gasteiger partial charge on any atom is 0.366 e. The standard InChI is InChI=1S/C8H10N4O2S/c1-3-14-6-4-5(2)15-7(6)12-8(13)9-10-11-12/h4H,3H2,1-2H3,(H,9,11,13). The normalized spacial score (nSPS) is 10.5. The molecule has 0 saturated carbocycles. The fraction of sp³-hybridized carbons (Fsp3) is 0.375. The molecule has 15 heavy (non-hydrogen) atoms. The van der Waals surface area contributed by atoms with Crippen molar-refractivity contribution in [3.8, 4) is 10.8 Å². The van der Waals surface area contributed by atoms with Crippen LogP contribution in [0.25, 0.3) is 5.00 Å². The molecule has 2 heterocycles. The van der Waals surface area contributed by atoms with Crippen molar-refractivity contribution in [1.29, 1.82) is 0 Å². The summed E-state index contributed by atoms with van der Waals surface area (Å²) in [5.41, 5.74) is -0.363. The van der Waals surface area contributed by atoms with Crippen LogP contribution in [-0.4, -0.2) is 26.8 Å². The van der Waals surface area contributed by atoms with E-state index in [-0.39, 0.29) is 5.69 Å². The molecule has 0 aromatic carbocycles. The maximum absolute atomic E-state index is 11.3. The Morgan fingerprint density at radius 3 is 3.07 bits per heavy atom. The first kappa shape index (κ1) is 9.91. The van der Waals surface area contributed by atoms with Crippen LogP contribution in [0, 0.1) is 6.92 Å². The van der Waals surface area contributed by atoms with Gasteiger partial charge >= 0.3 is 5.69 Å². The third-order valence-corrected chi connectivity index (χ3v) is 2.77. The molecule has 0 radical (unpaired) electrons. The zero-order chi connectivity index (χ0) is 10.8. The van der Waals surface area contributed by atoms with Crippen LogP contribution in [0.1, 0.15) is 11.8 Å². The molecule has 0 amide bonds. The van der Waals surface area contributed by atoms with Gasteiger partial charge in [0, 0.05) is 4.88 Å². The number of nitrogens with one attached hydrogen (secondary N) is 1. The van der Waals surface area contributed by atoms with Crippen LogP contribution in [0.3, 0.4) is 0 Å². The summed E-state index contributed by atoms with van der Waals surface area (Å²) in [6.07, 6.45) is 0. The Balaban J connectivity index is 2.52. The van der Waals surface area contributed by atoms with Crippen LogP contribution in [0.2, 0.25) is 0 Å². The summed E-state index contributed by atoms with van der Waals surface area (Å²) < 4.78 is 6.60. The highest BCUT2D eigenvalue weighted by atomic mass is 32.1. The van der Waals surface area contributed by atoms with Crippen molar-refractivity contribution in [3.63, 3.8) is 0 Å². The number of hydrogen-bond donors (Lipinski definition) is 1. The molecule has 7 heteroatoms. The zero-order valence-electron chi connectivity index (χ0n) is 8.35. The Kier molecular flexibility index (Phi) is 2.55. The predicted molar refractivity (Wildman–Crippen MR) is 55.8 cm³/mol. The van der Waals surface area contributed by atoms with Gasteiger partial charge in [0.1, 0.15) is 0 Å². The lowest BCUT2D eigenvalue weighted by Crippen LogP contribution is -2.15. The fourth-order valence-corrected chi connectivity index (χ4v) is 2.11. The Hall–Kier alpha value is -1.63. The number of rotatable bonds is 3. The molecule has 0 aliphatic rings. The molecular weight excluding hydrogens is 216 g/mol. The molecule has 0 bridgehead atoms. The van der Waals surface area contributed by atoms with Gasteiger partial charge in [0.15, 0.2) is 10.8 Å². The van der Waals surface area contributed by atoms with Gasteiger partial charge in [-0.25, -0.2) is 9.89 Å². The van der Waals surface area contributed by atoms with E-state index in [1.165, 1.54) is 16.0 Å². The van der Waals surface area contributed by atoms with E-state index in [9.17, 15) is 4.79 Å². The van der Waals surface area contributed by atoms with E-state index >= 15 is 0 Å². The molecule has 0 unspecified atom stereocenters. The van der Waals surface area contributed by atoms with Gasteiger partial charge in [-0.2, -0.15) is 0 Å². The van der Waals surface area contributed by atoms with Gasteiger partial charge in [-0.15, -0.1) is 16.0 Å². The van der Waals surface area contributed by atoms with Gasteiger partial charge in [-0.1, -0.05) is 0 Å². The minimum Gasteiger partial charge on any atom is -0.491 e. The van der Waals surface area contributed by atoms with E-state index in [2.05, 4.69) is 15.5 Å². The summed E-state index contributed by atoms with van der Waals surface area (Å²) in [6, 6.07) is 1.88. The van der Waals surface area contributed by atoms with Gasteiger partial charge in [0.25, 0.3) is 0 Å². The topological polar surface area (TPSA) is 72.8 Å². The lowest BCUT2D eigenvalue weighted by molar-refractivity contribution is 0.339. The van der Waals surface area contributed by atoms with Gasteiger partial charge in [-0.3, -0.25) is 0 Å². The van der Waals surface area contributed by atoms with Gasteiger partial charge in [-0.05, 0) is 30.3 Å². The van der Waals surface area contributed by atoms with Gasteiger partial charge < -0.3 is 4.74 Å². The first-order valence-electron chi connectivity index (χ1n) is 4.46. The number of nitrogens with zero attached hydrogens (tertiary/aromatic N) is 3. The summed E-state index contributed by atoms with van der Waals surface area (Å²) in [5, 5.41) is 10.0. The second-order valence-electron chi connectivity index (χ2n) is 2.88. The Labute approximate surface area is 89.5 Å². The lowest BCUT2D eigenvalue weighted by atomic mass is 10.4. The van der Waals surface area contributed by atoms with E-state index in [4.69, 9.17) is 4.74 Å². The first-order chi connectivity index (χ1) is 7.22. The molecule has 0 aliphatic carbocycles. The quantitative estimate of drug-likeness (QED) is 0.837. The number of ether oxygens (including phenoxy) is 1. The first-order valence-corrected chi connectivity index (χ1v) is 5.28. The van der Waals surface area contributed by atoms with E-state index < -0.39 is 0 Å². The molecule has 0 atom stereocenters. The average Bonchev–Trinajstić information content (AvgIpc) is 2.73. The second kappa shape index (κ2) is 3.85. The van der Waals surface area contributed by atoms with Gasteiger partial charge in [0.2, 0.25) is 0 Å². The number of aryl methyl sites for hydroxylation is 1. The average molecular weight is 226 g/mol. The van der Waals surface area contributed by atoms with Crippen molar-refractivity contribution in [1.82, 2.24) is 20.2 Å². The Bertz CT molecular complexity index is 513. The highest BCUT2D eigenvalue weighted by molar-refractivity contribution is 7.14. The summed E-state index contributed by atoms with van der Waals surface area (Å²) in [7, 11) is 0. The van der Waals surface area contributed by atoms with Crippen LogP contribution in [0.4, 0.5) is 0 Å². The van der Waals surface area contributed by atoms with E-state index in [1.807, 2.05) is 19.9 Å². The molecule has 2 aromatic heterocycles. The lowest BCUT2D eigenvalue weighted by Gasteiger charge is -2.01. The molecular formula is C8H10N4O2S. The maximum atomic E-state index is 11.3. The molecule has 0 fully saturated rings. The van der Waals surface area contributed by atoms with Crippen LogP contribution in [0.15, 0.2) is 10.9 Å². The largest absolute Gasteiger partial charge is 0.491 e. The predicted octanol–water partition coefficient (Wildman–Crippen LogP) is 0.724. The number of tetrazole rings is 1. The second-order valence-corrected chi connectivity index (χ2v) is 4.11. The van der Waals surface area contributed by atoms with E-state index in [0.717, 1.165) is 4.88 Å². The Morgan fingerprint density at radius 1 is 1.67 bits per heavy atom. The third-order valence-electron chi connectivity index (χ3n) is 1.77. The third kappa shape index (κ3) is 1.78. The molecule has 2 rings (SSSR count). The molecule has 6 nitrogen and oxygen atoms in total. The number of thiophene rings is 1. The molecule has 0 spiro atoms. The summed E-state index contributed by atoms with van der Waals surface area (Å²) in [5.74, 6) is 0.663. The molecule has 80 valence electrons. The summed E-state index contributed by atoms with van der Waals surface area (Å²) >= 11 is 1.44. The van der Waals surface area contributed by atoms with Gasteiger partial charge in [0.05, 0.1) is 6.61 Å². The monoisotopic (exact) mass is 226 g/mol. The molecule has 1 N–H and O–H groups in total. The number of hydrogen-bond acceptors (Lipinski definition) is 5. The van der Waals surface area contributed by atoms with Crippen molar-refractivity contribution in [3.05, 3.63) is 21.4 Å². The van der Waals surface area contributed by atoms with Crippen molar-refractivity contribution in [2.24, 2.45) is 0 Å². The Morgan fingerprint density at radius 2 is 2.47 bits per heavy atom. The van der Waals surface area contributed by atoms with E-state index in [0.29, 0.717) is 17.4 Å². The van der Waals surface area contributed by atoms with Crippen LogP contribution >= 0.6 is 11.3 Å². The van der Waals surface area contributed by atoms with Crippen molar-refractivity contribution >= 4 is 11.3 Å². The van der Waals surface area contributed by atoms with Crippen LogP contribution in [0.5, 0.6) is 5.75 Å². The van der Waals surface area contributed by atoms with Crippen LogP contribution < -0.4 is 10.4 Å². The minimum atomic E-state index is -0.363. The summed E-state index contributed by atoms with van der Waals surface area (Å²) in [4.78, 5) is 12.4. The molecule has 0 aliphatic heterocycles. The SMILES string of the molecule is CCOc1cc(C)sc1-n1nn[nH]c1=O. The molecule has 0 saturated heterocycles. The van der Waals surface area contributed by atoms with Crippen molar-refractivity contribution in [2.45, 2.75) is 13.8 Å². The minimum absolute atomic E-state index is 0.363. The number of H-pyrrole nitrogens is 1.